The molecule has 1 aliphatic carbocycles. The molecule has 1 amide bonds. The molecule has 3 N–H and O–H groups in total. The molecule has 4 heteroatoms. The Morgan fingerprint density at radius 1 is 1.29 bits per heavy atom. The Kier molecular flexibility index (Phi) is 6.49. The van der Waals surface area contributed by atoms with E-state index in [1.54, 1.807) is 0 Å². The van der Waals surface area contributed by atoms with Crippen LogP contribution >= 0.6 is 12.4 Å². The van der Waals surface area contributed by atoms with E-state index in [-0.39, 0.29) is 30.3 Å². The maximum absolute atomic E-state index is 11.8. The molecule has 0 spiro atoms. The Balaban J connectivity index is 0.00000256. The van der Waals surface area contributed by atoms with Gasteiger partial charge in [-0.15, -0.1) is 12.4 Å². The number of hydrogen-bond donors (Lipinski definition) is 2. The molecule has 3 nitrogen and oxygen atoms in total. The van der Waals surface area contributed by atoms with Crippen molar-refractivity contribution in [3.8, 4) is 0 Å². The van der Waals surface area contributed by atoms with Gasteiger partial charge >= 0.3 is 0 Å². The first-order chi connectivity index (χ1) is 7.36. The topological polar surface area (TPSA) is 55.1 Å². The van der Waals surface area contributed by atoms with Gasteiger partial charge in [0.05, 0.1) is 0 Å². The van der Waals surface area contributed by atoms with E-state index in [9.17, 15) is 4.79 Å². The molecule has 17 heavy (non-hydrogen) atoms. The summed E-state index contributed by atoms with van der Waals surface area (Å²) in [4.78, 5) is 11.8. The molecular weight excluding hydrogens is 236 g/mol. The van der Waals surface area contributed by atoms with E-state index < -0.39 is 0 Å². The highest BCUT2D eigenvalue weighted by atomic mass is 35.5. The van der Waals surface area contributed by atoms with Gasteiger partial charge in [-0.05, 0) is 37.5 Å². The number of nitrogens with two attached hydrogens (primary N) is 1. The number of carbonyl (C=O) groups is 1. The first-order valence-corrected chi connectivity index (χ1v) is 6.39. The van der Waals surface area contributed by atoms with Crippen LogP contribution in [0.25, 0.3) is 0 Å². The van der Waals surface area contributed by atoms with E-state index in [2.05, 4.69) is 19.2 Å². The molecule has 1 saturated carbocycles. The second-order valence-electron chi connectivity index (χ2n) is 5.96. The molecular formula is C13H27ClN2O. The standard InChI is InChI=1S/C13H26N2O.ClH/c1-9(2)7-13(5-6-13)8-15-12(16)10(3)11(4)14;/h9-11H,5-8,14H2,1-4H3,(H,15,16);1H. The third kappa shape index (κ3) is 5.26. The lowest BCUT2D eigenvalue weighted by molar-refractivity contribution is -0.125. The summed E-state index contributed by atoms with van der Waals surface area (Å²) < 4.78 is 0. The Bertz CT molecular complexity index is 250. The van der Waals surface area contributed by atoms with Crippen LogP contribution in [0.5, 0.6) is 0 Å². The van der Waals surface area contributed by atoms with Crippen LogP contribution in [-0.4, -0.2) is 18.5 Å². The molecule has 1 rings (SSSR count). The zero-order valence-corrected chi connectivity index (χ0v) is 12.3. The van der Waals surface area contributed by atoms with E-state index in [1.165, 1.54) is 19.3 Å². The maximum Gasteiger partial charge on any atom is 0.224 e. The summed E-state index contributed by atoms with van der Waals surface area (Å²) in [5.41, 5.74) is 6.12. The van der Waals surface area contributed by atoms with Crippen LogP contribution in [0, 0.1) is 17.3 Å². The third-order valence-corrected chi connectivity index (χ3v) is 3.64. The van der Waals surface area contributed by atoms with Gasteiger partial charge in [-0.2, -0.15) is 0 Å². The quantitative estimate of drug-likeness (QED) is 0.772. The molecule has 0 radical (unpaired) electrons. The van der Waals surface area contributed by atoms with Crippen LogP contribution in [0.2, 0.25) is 0 Å². The van der Waals surface area contributed by atoms with Crippen molar-refractivity contribution in [3.05, 3.63) is 0 Å². The third-order valence-electron chi connectivity index (χ3n) is 3.64. The monoisotopic (exact) mass is 262 g/mol. The Morgan fingerprint density at radius 3 is 2.18 bits per heavy atom. The number of nitrogens with one attached hydrogen (secondary N) is 1. The second kappa shape index (κ2) is 6.60. The Morgan fingerprint density at radius 2 is 1.82 bits per heavy atom. The van der Waals surface area contributed by atoms with Gasteiger partial charge in [-0.1, -0.05) is 20.8 Å². The van der Waals surface area contributed by atoms with Crippen LogP contribution in [0.1, 0.15) is 47.0 Å². The molecule has 102 valence electrons. The molecule has 2 unspecified atom stereocenters. The van der Waals surface area contributed by atoms with Crippen molar-refractivity contribution >= 4 is 18.3 Å². The van der Waals surface area contributed by atoms with Crippen LogP contribution in [-0.2, 0) is 4.79 Å². The SMILES string of the molecule is CC(C)CC1(CNC(=O)C(C)C(C)N)CC1.Cl. The lowest BCUT2D eigenvalue weighted by Crippen LogP contribution is -2.41. The Labute approximate surface area is 111 Å². The summed E-state index contributed by atoms with van der Waals surface area (Å²) in [5, 5.41) is 3.05. The smallest absolute Gasteiger partial charge is 0.224 e. The van der Waals surface area contributed by atoms with Crippen molar-refractivity contribution in [2.24, 2.45) is 23.0 Å². The number of carbonyl (C=O) groups excluding carboxylic acids is 1. The van der Waals surface area contributed by atoms with Crippen molar-refractivity contribution in [2.45, 2.75) is 53.0 Å². The minimum atomic E-state index is -0.0881. The zero-order chi connectivity index (χ0) is 12.3. The van der Waals surface area contributed by atoms with Crippen molar-refractivity contribution in [1.82, 2.24) is 5.32 Å². The van der Waals surface area contributed by atoms with Crippen molar-refractivity contribution in [2.75, 3.05) is 6.54 Å². The van der Waals surface area contributed by atoms with E-state index >= 15 is 0 Å². The Hall–Kier alpha value is -0.280. The fraction of sp³-hybridized carbons (Fsp3) is 0.923. The lowest BCUT2D eigenvalue weighted by atomic mass is 9.94. The van der Waals surface area contributed by atoms with Gasteiger partial charge < -0.3 is 11.1 Å². The predicted molar refractivity (Wildman–Crippen MR) is 74.2 cm³/mol. The normalized spacial score (nSPS) is 20.4. The zero-order valence-electron chi connectivity index (χ0n) is 11.5. The summed E-state index contributed by atoms with van der Waals surface area (Å²) in [6.45, 7) is 9.09. The van der Waals surface area contributed by atoms with Gasteiger partial charge in [0.2, 0.25) is 5.91 Å². The molecule has 1 fully saturated rings. The number of hydrogen-bond acceptors (Lipinski definition) is 2. The number of rotatable bonds is 6. The van der Waals surface area contributed by atoms with Crippen molar-refractivity contribution in [3.63, 3.8) is 0 Å². The largest absolute Gasteiger partial charge is 0.355 e. The predicted octanol–water partition coefficient (Wildman–Crippen LogP) is 2.33. The molecule has 0 aromatic rings. The van der Waals surface area contributed by atoms with E-state index in [1.807, 2.05) is 13.8 Å². The first-order valence-electron chi connectivity index (χ1n) is 6.39. The molecule has 0 heterocycles. The summed E-state index contributed by atoms with van der Waals surface area (Å²) in [7, 11) is 0. The van der Waals surface area contributed by atoms with Crippen LogP contribution in [0.3, 0.4) is 0 Å². The van der Waals surface area contributed by atoms with Gasteiger partial charge in [0, 0.05) is 18.5 Å². The van der Waals surface area contributed by atoms with Crippen molar-refractivity contribution in [1.29, 1.82) is 0 Å². The van der Waals surface area contributed by atoms with Gasteiger partial charge in [0.25, 0.3) is 0 Å². The number of halogens is 1. The highest BCUT2D eigenvalue weighted by Crippen LogP contribution is 2.50. The number of amides is 1. The molecule has 1 aliphatic rings. The molecule has 2 atom stereocenters. The molecule has 0 bridgehead atoms. The first kappa shape index (κ1) is 16.7. The minimum absolute atomic E-state index is 0. The fourth-order valence-electron chi connectivity index (χ4n) is 2.17. The lowest BCUT2D eigenvalue weighted by Gasteiger charge is -2.21. The minimum Gasteiger partial charge on any atom is -0.355 e. The highest BCUT2D eigenvalue weighted by molar-refractivity contribution is 5.85. The van der Waals surface area contributed by atoms with Gasteiger partial charge in [-0.25, -0.2) is 0 Å². The van der Waals surface area contributed by atoms with Crippen LogP contribution in [0.15, 0.2) is 0 Å². The average Bonchev–Trinajstić information content (AvgIpc) is 2.92. The van der Waals surface area contributed by atoms with Crippen LogP contribution < -0.4 is 11.1 Å². The summed E-state index contributed by atoms with van der Waals surface area (Å²) in [5.74, 6) is 0.727. The highest BCUT2D eigenvalue weighted by Gasteiger charge is 2.42. The van der Waals surface area contributed by atoms with E-state index in [4.69, 9.17) is 5.73 Å². The molecule has 0 aliphatic heterocycles. The summed E-state index contributed by atoms with van der Waals surface area (Å²) in [6, 6.07) is -0.0692. The van der Waals surface area contributed by atoms with E-state index in [0.29, 0.717) is 11.3 Å². The van der Waals surface area contributed by atoms with Gasteiger partial charge in [-0.3, -0.25) is 4.79 Å². The molecule has 0 aromatic carbocycles. The second-order valence-corrected chi connectivity index (χ2v) is 5.96. The van der Waals surface area contributed by atoms with Crippen LogP contribution in [0.4, 0.5) is 0 Å². The fourth-order valence-corrected chi connectivity index (χ4v) is 2.17. The summed E-state index contributed by atoms with van der Waals surface area (Å²) >= 11 is 0. The maximum atomic E-state index is 11.8. The van der Waals surface area contributed by atoms with Gasteiger partial charge in [0.1, 0.15) is 0 Å². The average molecular weight is 263 g/mol. The van der Waals surface area contributed by atoms with Gasteiger partial charge in [0.15, 0.2) is 0 Å². The van der Waals surface area contributed by atoms with Crippen molar-refractivity contribution < 1.29 is 4.79 Å². The van der Waals surface area contributed by atoms with E-state index in [0.717, 1.165) is 6.54 Å². The summed E-state index contributed by atoms with van der Waals surface area (Å²) in [6.07, 6.45) is 3.75. The molecule has 0 aromatic heterocycles. The molecule has 0 saturated heterocycles.